The number of thiophene rings is 1. The highest BCUT2D eigenvalue weighted by molar-refractivity contribution is 7.14. The number of carbonyl (C=O) groups excluding carboxylic acids is 1. The smallest absolute Gasteiger partial charge is 0.225 e. The van der Waals surface area contributed by atoms with E-state index in [9.17, 15) is 4.79 Å². The topological polar surface area (TPSA) is 51.2 Å². The standard InChI is InChI=1S/C18H18N2O2S2/c1-12(13-5-3-6-14(9-13)22-2)20-17(21)10-16-18(19-11-24-16)15-7-4-8-23-15/h3-9,11-12H,10H2,1-2H3,(H,20,21). The molecular formula is C18H18N2O2S2. The number of hydrogen-bond acceptors (Lipinski definition) is 5. The lowest BCUT2D eigenvalue weighted by Crippen LogP contribution is -2.28. The first kappa shape index (κ1) is 16.7. The van der Waals surface area contributed by atoms with Crippen LogP contribution in [0.2, 0.25) is 0 Å². The van der Waals surface area contributed by atoms with Gasteiger partial charge in [0.1, 0.15) is 5.75 Å². The van der Waals surface area contributed by atoms with Gasteiger partial charge >= 0.3 is 0 Å². The SMILES string of the molecule is COc1cccc(C(C)NC(=O)Cc2scnc2-c2cccs2)c1. The van der Waals surface area contributed by atoms with Gasteiger partial charge in [0.15, 0.2) is 0 Å². The maximum absolute atomic E-state index is 12.4. The third kappa shape index (κ3) is 3.83. The van der Waals surface area contributed by atoms with Crippen molar-refractivity contribution in [2.24, 2.45) is 0 Å². The first-order valence-corrected chi connectivity index (χ1v) is 9.33. The van der Waals surface area contributed by atoms with Crippen LogP contribution in [0.5, 0.6) is 5.75 Å². The molecule has 0 spiro atoms. The van der Waals surface area contributed by atoms with E-state index in [2.05, 4.69) is 10.3 Å². The lowest BCUT2D eigenvalue weighted by molar-refractivity contribution is -0.121. The number of ether oxygens (including phenoxy) is 1. The summed E-state index contributed by atoms with van der Waals surface area (Å²) in [6.45, 7) is 1.97. The number of aromatic nitrogens is 1. The molecule has 1 atom stereocenters. The lowest BCUT2D eigenvalue weighted by atomic mass is 10.1. The minimum absolute atomic E-state index is 0.00706. The van der Waals surface area contributed by atoms with Crippen molar-refractivity contribution in [1.29, 1.82) is 0 Å². The average molecular weight is 358 g/mol. The molecule has 1 aromatic carbocycles. The second kappa shape index (κ2) is 7.59. The molecule has 24 heavy (non-hydrogen) atoms. The third-order valence-electron chi connectivity index (χ3n) is 3.69. The largest absolute Gasteiger partial charge is 0.497 e. The van der Waals surface area contributed by atoms with Crippen LogP contribution < -0.4 is 10.1 Å². The molecule has 0 saturated carbocycles. The summed E-state index contributed by atoms with van der Waals surface area (Å²) in [4.78, 5) is 18.9. The molecule has 4 nitrogen and oxygen atoms in total. The van der Waals surface area contributed by atoms with Gasteiger partial charge in [-0.05, 0) is 36.1 Å². The summed E-state index contributed by atoms with van der Waals surface area (Å²) in [5, 5.41) is 5.06. The number of nitrogens with one attached hydrogen (secondary N) is 1. The van der Waals surface area contributed by atoms with Gasteiger partial charge in [0.05, 0.1) is 35.7 Å². The van der Waals surface area contributed by atoms with E-state index in [-0.39, 0.29) is 11.9 Å². The molecule has 3 aromatic rings. The number of hydrogen-bond donors (Lipinski definition) is 1. The summed E-state index contributed by atoms with van der Waals surface area (Å²) in [5.74, 6) is 0.781. The van der Waals surface area contributed by atoms with Gasteiger partial charge in [-0.15, -0.1) is 22.7 Å². The molecule has 3 rings (SSSR count). The summed E-state index contributed by atoms with van der Waals surface area (Å²) in [5.41, 5.74) is 3.73. The summed E-state index contributed by atoms with van der Waals surface area (Å²) in [6.07, 6.45) is 0.339. The van der Waals surface area contributed by atoms with Crippen molar-refractivity contribution in [2.45, 2.75) is 19.4 Å². The highest BCUT2D eigenvalue weighted by atomic mass is 32.1. The fraction of sp³-hybridized carbons (Fsp3) is 0.222. The number of benzene rings is 1. The second-order valence-electron chi connectivity index (χ2n) is 5.34. The van der Waals surface area contributed by atoms with Gasteiger partial charge in [0.25, 0.3) is 0 Å². The van der Waals surface area contributed by atoms with Crippen LogP contribution in [0.25, 0.3) is 10.6 Å². The molecule has 2 heterocycles. The third-order valence-corrected chi connectivity index (χ3v) is 5.40. The quantitative estimate of drug-likeness (QED) is 0.715. The molecule has 2 aromatic heterocycles. The fourth-order valence-corrected chi connectivity index (χ4v) is 4.03. The van der Waals surface area contributed by atoms with Gasteiger partial charge in [-0.1, -0.05) is 18.2 Å². The van der Waals surface area contributed by atoms with Crippen LogP contribution in [-0.4, -0.2) is 18.0 Å². The predicted molar refractivity (Wildman–Crippen MR) is 98.7 cm³/mol. The number of rotatable bonds is 6. The van der Waals surface area contributed by atoms with Crippen molar-refractivity contribution >= 4 is 28.6 Å². The fourth-order valence-electron chi connectivity index (χ4n) is 2.44. The van der Waals surface area contributed by atoms with Crippen molar-refractivity contribution in [2.75, 3.05) is 7.11 Å². The van der Waals surface area contributed by atoms with Crippen LogP contribution in [0.3, 0.4) is 0 Å². The summed E-state index contributed by atoms with van der Waals surface area (Å²) < 4.78 is 5.23. The molecule has 0 radical (unpaired) electrons. The Morgan fingerprint density at radius 3 is 2.92 bits per heavy atom. The minimum atomic E-state index is -0.0780. The van der Waals surface area contributed by atoms with Gasteiger partial charge in [-0.25, -0.2) is 4.98 Å². The number of nitrogens with zero attached hydrogens (tertiary/aromatic N) is 1. The van der Waals surface area contributed by atoms with E-state index < -0.39 is 0 Å². The van der Waals surface area contributed by atoms with E-state index in [1.165, 1.54) is 11.3 Å². The van der Waals surface area contributed by atoms with Crippen molar-refractivity contribution in [3.05, 3.63) is 57.7 Å². The zero-order chi connectivity index (χ0) is 16.9. The second-order valence-corrected chi connectivity index (χ2v) is 7.23. The number of amides is 1. The van der Waals surface area contributed by atoms with Gasteiger partial charge in [0.2, 0.25) is 5.91 Å². The number of thiazole rings is 1. The van der Waals surface area contributed by atoms with Crippen LogP contribution >= 0.6 is 22.7 Å². The predicted octanol–water partition coefficient (Wildman–Crippen LogP) is 4.30. The molecule has 6 heteroatoms. The van der Waals surface area contributed by atoms with Gasteiger partial charge in [-0.3, -0.25) is 4.79 Å². The van der Waals surface area contributed by atoms with Crippen LogP contribution in [-0.2, 0) is 11.2 Å². The molecular weight excluding hydrogens is 340 g/mol. The molecule has 1 amide bonds. The Bertz CT molecular complexity index is 812. The van der Waals surface area contributed by atoms with Crippen LogP contribution in [0.15, 0.2) is 47.3 Å². The van der Waals surface area contributed by atoms with E-state index in [0.717, 1.165) is 26.8 Å². The summed E-state index contributed by atoms with van der Waals surface area (Å²) >= 11 is 3.16. The molecule has 124 valence electrons. The lowest BCUT2D eigenvalue weighted by Gasteiger charge is -2.15. The van der Waals surface area contributed by atoms with Crippen molar-refractivity contribution < 1.29 is 9.53 Å². The van der Waals surface area contributed by atoms with Crippen molar-refractivity contribution in [3.63, 3.8) is 0 Å². The Labute approximate surface area is 149 Å². The number of methoxy groups -OCH3 is 1. The molecule has 0 aliphatic rings. The average Bonchev–Trinajstić information content (AvgIpc) is 3.25. The zero-order valence-corrected chi connectivity index (χ0v) is 15.1. The first-order chi connectivity index (χ1) is 11.7. The van der Waals surface area contributed by atoms with Gasteiger partial charge < -0.3 is 10.1 Å². The summed E-state index contributed by atoms with van der Waals surface area (Å²) in [6, 6.07) is 11.7. The van der Waals surface area contributed by atoms with Gasteiger partial charge in [-0.2, -0.15) is 0 Å². The van der Waals surface area contributed by atoms with E-state index >= 15 is 0 Å². The molecule has 0 aliphatic heterocycles. The first-order valence-electron chi connectivity index (χ1n) is 7.57. The Kier molecular flexibility index (Phi) is 5.27. The zero-order valence-electron chi connectivity index (χ0n) is 13.5. The van der Waals surface area contributed by atoms with Crippen molar-refractivity contribution in [1.82, 2.24) is 10.3 Å². The number of carbonyl (C=O) groups is 1. The van der Waals surface area contributed by atoms with E-state index in [0.29, 0.717) is 6.42 Å². The molecule has 0 fully saturated rings. The normalized spacial score (nSPS) is 11.9. The molecule has 0 bridgehead atoms. The highest BCUT2D eigenvalue weighted by Gasteiger charge is 2.16. The summed E-state index contributed by atoms with van der Waals surface area (Å²) in [7, 11) is 1.64. The Balaban J connectivity index is 1.67. The Morgan fingerprint density at radius 1 is 1.29 bits per heavy atom. The van der Waals surface area contributed by atoms with Crippen molar-refractivity contribution in [3.8, 4) is 16.3 Å². The van der Waals surface area contributed by atoms with E-state index in [1.807, 2.05) is 48.7 Å². The Hall–Kier alpha value is -2.18. The monoisotopic (exact) mass is 358 g/mol. The molecule has 1 N–H and O–H groups in total. The highest BCUT2D eigenvalue weighted by Crippen LogP contribution is 2.29. The maximum Gasteiger partial charge on any atom is 0.225 e. The minimum Gasteiger partial charge on any atom is -0.497 e. The molecule has 0 aliphatic carbocycles. The van der Waals surface area contributed by atoms with Crippen LogP contribution in [0, 0.1) is 0 Å². The van der Waals surface area contributed by atoms with E-state index in [1.54, 1.807) is 24.0 Å². The molecule has 1 unspecified atom stereocenters. The molecule has 0 saturated heterocycles. The Morgan fingerprint density at radius 2 is 2.17 bits per heavy atom. The van der Waals surface area contributed by atoms with Gasteiger partial charge in [0, 0.05) is 4.88 Å². The van der Waals surface area contributed by atoms with Crippen LogP contribution in [0.1, 0.15) is 23.4 Å². The van der Waals surface area contributed by atoms with Crippen LogP contribution in [0.4, 0.5) is 0 Å². The van der Waals surface area contributed by atoms with E-state index in [4.69, 9.17) is 4.74 Å². The maximum atomic E-state index is 12.4.